The molecule has 0 amide bonds. The summed E-state index contributed by atoms with van der Waals surface area (Å²) in [6, 6.07) is 2.35. The van der Waals surface area contributed by atoms with E-state index in [4.69, 9.17) is 0 Å². The molecule has 21 heavy (non-hydrogen) atoms. The minimum atomic E-state index is 0.727. The van der Waals surface area contributed by atoms with Crippen molar-refractivity contribution in [2.75, 3.05) is 13.1 Å². The van der Waals surface area contributed by atoms with Gasteiger partial charge in [-0.1, -0.05) is 33.1 Å². The summed E-state index contributed by atoms with van der Waals surface area (Å²) in [7, 11) is 0. The van der Waals surface area contributed by atoms with Gasteiger partial charge in [0.25, 0.3) is 0 Å². The number of rotatable bonds is 2. The first-order chi connectivity index (χ1) is 10.1. The summed E-state index contributed by atoms with van der Waals surface area (Å²) in [5.41, 5.74) is 0. The van der Waals surface area contributed by atoms with E-state index >= 15 is 0 Å². The molecule has 0 aromatic carbocycles. The lowest BCUT2D eigenvalue weighted by Gasteiger charge is -2.49. The molecule has 1 aliphatic heterocycles. The smallest absolute Gasteiger partial charge is 0.0224 e. The van der Waals surface area contributed by atoms with Gasteiger partial charge in [-0.2, -0.15) is 0 Å². The Balaban J connectivity index is 1.62. The lowest BCUT2D eigenvalue weighted by atomic mass is 9.77. The molecule has 0 aromatic rings. The van der Waals surface area contributed by atoms with E-state index in [0.29, 0.717) is 0 Å². The van der Waals surface area contributed by atoms with Gasteiger partial charge in [-0.25, -0.2) is 0 Å². The molecule has 2 aliphatic carbocycles. The van der Waals surface area contributed by atoms with Gasteiger partial charge in [0.1, 0.15) is 0 Å². The Morgan fingerprint density at radius 2 is 1.67 bits per heavy atom. The predicted molar refractivity (Wildman–Crippen MR) is 90.5 cm³/mol. The molecular weight excluding hydrogens is 256 g/mol. The first-order valence-electron chi connectivity index (χ1n) is 9.64. The second-order valence-corrected chi connectivity index (χ2v) is 8.42. The quantitative estimate of drug-likeness (QED) is 0.826. The first-order valence-corrected chi connectivity index (χ1v) is 9.64. The number of nitrogens with one attached hydrogen (secondary N) is 1. The number of nitrogens with zero attached hydrogens (tertiary/aromatic N) is 1. The molecule has 5 atom stereocenters. The summed E-state index contributed by atoms with van der Waals surface area (Å²) in [6.07, 6.45) is 11.7. The van der Waals surface area contributed by atoms with Gasteiger partial charge in [0.15, 0.2) is 0 Å². The third-order valence-electron chi connectivity index (χ3n) is 6.68. The van der Waals surface area contributed by atoms with Crippen molar-refractivity contribution in [3.63, 3.8) is 0 Å². The van der Waals surface area contributed by atoms with Gasteiger partial charge in [-0.05, 0) is 56.8 Å². The fourth-order valence-corrected chi connectivity index (χ4v) is 5.37. The summed E-state index contributed by atoms with van der Waals surface area (Å²) in [5, 5.41) is 3.89. The monoisotopic (exact) mass is 292 g/mol. The SMILES string of the molecule is CC1CCC(N2CC(C3CCCCC3)NCC2C)C(C)C1. The second-order valence-electron chi connectivity index (χ2n) is 8.42. The van der Waals surface area contributed by atoms with Crippen LogP contribution in [0.15, 0.2) is 0 Å². The largest absolute Gasteiger partial charge is 0.311 e. The maximum absolute atomic E-state index is 3.89. The molecule has 1 N–H and O–H groups in total. The lowest BCUT2D eigenvalue weighted by molar-refractivity contribution is 0.0188. The van der Waals surface area contributed by atoms with Crippen LogP contribution in [0.5, 0.6) is 0 Å². The molecule has 0 aromatic heterocycles. The Labute approximate surface area is 132 Å². The van der Waals surface area contributed by atoms with E-state index in [-0.39, 0.29) is 0 Å². The summed E-state index contributed by atoms with van der Waals surface area (Å²) < 4.78 is 0. The molecule has 2 saturated carbocycles. The van der Waals surface area contributed by atoms with Crippen molar-refractivity contribution >= 4 is 0 Å². The molecule has 3 rings (SSSR count). The van der Waals surface area contributed by atoms with Crippen LogP contribution >= 0.6 is 0 Å². The van der Waals surface area contributed by atoms with E-state index < -0.39 is 0 Å². The number of hydrogen-bond donors (Lipinski definition) is 1. The van der Waals surface area contributed by atoms with Crippen LogP contribution in [0.4, 0.5) is 0 Å². The molecule has 2 heteroatoms. The van der Waals surface area contributed by atoms with Gasteiger partial charge in [-0.3, -0.25) is 4.90 Å². The van der Waals surface area contributed by atoms with Gasteiger partial charge >= 0.3 is 0 Å². The molecule has 1 saturated heterocycles. The summed E-state index contributed by atoms with van der Waals surface area (Å²) in [6.45, 7) is 9.91. The van der Waals surface area contributed by atoms with Gasteiger partial charge in [0.05, 0.1) is 0 Å². The van der Waals surface area contributed by atoms with Crippen molar-refractivity contribution in [2.45, 2.75) is 90.3 Å². The molecule has 3 aliphatic rings. The van der Waals surface area contributed by atoms with E-state index in [0.717, 1.165) is 35.9 Å². The van der Waals surface area contributed by atoms with Crippen LogP contribution in [0.2, 0.25) is 0 Å². The van der Waals surface area contributed by atoms with Gasteiger partial charge in [0.2, 0.25) is 0 Å². The van der Waals surface area contributed by atoms with Crippen LogP contribution in [0.25, 0.3) is 0 Å². The van der Waals surface area contributed by atoms with E-state index in [1.165, 1.54) is 64.5 Å². The molecular formula is C19H36N2. The van der Waals surface area contributed by atoms with Crippen LogP contribution in [0.3, 0.4) is 0 Å². The fourth-order valence-electron chi connectivity index (χ4n) is 5.37. The van der Waals surface area contributed by atoms with Crippen LogP contribution < -0.4 is 5.32 Å². The number of hydrogen-bond acceptors (Lipinski definition) is 2. The highest BCUT2D eigenvalue weighted by molar-refractivity contribution is 4.94. The Hall–Kier alpha value is -0.0800. The lowest BCUT2D eigenvalue weighted by Crippen LogP contribution is -2.62. The minimum Gasteiger partial charge on any atom is -0.311 e. The van der Waals surface area contributed by atoms with Crippen molar-refractivity contribution < 1.29 is 0 Å². The highest BCUT2D eigenvalue weighted by atomic mass is 15.3. The molecule has 2 nitrogen and oxygen atoms in total. The molecule has 1 heterocycles. The first kappa shape index (κ1) is 15.8. The Morgan fingerprint density at radius 1 is 0.905 bits per heavy atom. The standard InChI is InChI=1S/C19H36N2/c1-14-9-10-19(15(2)11-14)21-13-18(20-12-16(21)3)17-7-5-4-6-8-17/h14-20H,4-13H2,1-3H3. The normalized spacial score (nSPS) is 43.9. The van der Waals surface area contributed by atoms with Crippen LogP contribution in [0.1, 0.15) is 72.1 Å². The second kappa shape index (κ2) is 7.00. The summed E-state index contributed by atoms with van der Waals surface area (Å²) >= 11 is 0. The predicted octanol–water partition coefficient (Wildman–Crippen LogP) is 4.05. The van der Waals surface area contributed by atoms with E-state index in [1.807, 2.05) is 0 Å². The fraction of sp³-hybridized carbons (Fsp3) is 1.00. The zero-order chi connectivity index (χ0) is 14.8. The summed E-state index contributed by atoms with van der Waals surface area (Å²) in [5.74, 6) is 2.79. The van der Waals surface area contributed by atoms with Crippen LogP contribution in [-0.2, 0) is 0 Å². The topological polar surface area (TPSA) is 15.3 Å². The van der Waals surface area contributed by atoms with Crippen molar-refractivity contribution in [3.8, 4) is 0 Å². The third kappa shape index (κ3) is 3.64. The third-order valence-corrected chi connectivity index (χ3v) is 6.68. The average Bonchev–Trinajstić information content (AvgIpc) is 2.49. The maximum Gasteiger partial charge on any atom is 0.0224 e. The zero-order valence-corrected chi connectivity index (χ0v) is 14.5. The van der Waals surface area contributed by atoms with Crippen LogP contribution in [-0.4, -0.2) is 36.1 Å². The minimum absolute atomic E-state index is 0.727. The van der Waals surface area contributed by atoms with Crippen molar-refractivity contribution in [1.29, 1.82) is 0 Å². The molecule has 3 fully saturated rings. The highest BCUT2D eigenvalue weighted by Crippen LogP contribution is 2.35. The Bertz CT molecular complexity index is 324. The Kier molecular flexibility index (Phi) is 5.27. The molecule has 0 radical (unpaired) electrons. The van der Waals surface area contributed by atoms with E-state index in [9.17, 15) is 0 Å². The maximum atomic E-state index is 3.89. The molecule has 0 bridgehead atoms. The van der Waals surface area contributed by atoms with Crippen molar-refractivity contribution in [2.24, 2.45) is 17.8 Å². The van der Waals surface area contributed by atoms with Crippen molar-refractivity contribution in [3.05, 3.63) is 0 Å². The summed E-state index contributed by atoms with van der Waals surface area (Å²) in [4.78, 5) is 2.90. The highest BCUT2D eigenvalue weighted by Gasteiger charge is 2.37. The van der Waals surface area contributed by atoms with Gasteiger partial charge in [0, 0.05) is 31.2 Å². The molecule has 122 valence electrons. The van der Waals surface area contributed by atoms with Gasteiger partial charge < -0.3 is 5.32 Å². The zero-order valence-electron chi connectivity index (χ0n) is 14.5. The Morgan fingerprint density at radius 3 is 2.38 bits per heavy atom. The van der Waals surface area contributed by atoms with E-state index in [1.54, 1.807) is 0 Å². The molecule has 5 unspecified atom stereocenters. The molecule has 0 spiro atoms. The van der Waals surface area contributed by atoms with Crippen LogP contribution in [0, 0.1) is 17.8 Å². The number of piperazine rings is 1. The van der Waals surface area contributed by atoms with E-state index in [2.05, 4.69) is 31.0 Å². The van der Waals surface area contributed by atoms with Gasteiger partial charge in [-0.15, -0.1) is 0 Å². The average molecular weight is 293 g/mol. The van der Waals surface area contributed by atoms with Crippen molar-refractivity contribution in [1.82, 2.24) is 10.2 Å².